The summed E-state index contributed by atoms with van der Waals surface area (Å²) in [7, 11) is 1.80. The summed E-state index contributed by atoms with van der Waals surface area (Å²) in [6.07, 6.45) is 1.90. The Morgan fingerprint density at radius 3 is 2.69 bits per heavy atom. The molecule has 0 atom stereocenters. The molecular formula is C19H28N6S. The number of aliphatic imine (C=N–C) groups is 1. The van der Waals surface area contributed by atoms with Crippen LogP contribution in [-0.4, -0.2) is 55.6 Å². The minimum Gasteiger partial charge on any atom is -0.354 e. The molecule has 0 spiro atoms. The van der Waals surface area contributed by atoms with Gasteiger partial charge in [0.05, 0.1) is 6.54 Å². The van der Waals surface area contributed by atoms with E-state index >= 15 is 0 Å². The van der Waals surface area contributed by atoms with Crippen LogP contribution in [-0.2, 0) is 13.1 Å². The number of guanidine groups is 1. The van der Waals surface area contributed by atoms with E-state index < -0.39 is 0 Å². The summed E-state index contributed by atoms with van der Waals surface area (Å²) < 4.78 is 0. The minimum absolute atomic E-state index is 0.731. The zero-order valence-corrected chi connectivity index (χ0v) is 16.4. The maximum Gasteiger partial charge on any atom is 0.191 e. The van der Waals surface area contributed by atoms with Gasteiger partial charge in [-0.15, -0.1) is 11.3 Å². The maximum absolute atomic E-state index is 4.57. The van der Waals surface area contributed by atoms with E-state index in [0.29, 0.717) is 0 Å². The highest BCUT2D eigenvalue weighted by atomic mass is 32.1. The Labute approximate surface area is 160 Å². The highest BCUT2D eigenvalue weighted by Crippen LogP contribution is 2.15. The summed E-state index contributed by atoms with van der Waals surface area (Å²) in [5.74, 6) is 1.88. The molecule has 2 aromatic heterocycles. The molecule has 6 nitrogen and oxygen atoms in total. The minimum atomic E-state index is 0.731. The van der Waals surface area contributed by atoms with Gasteiger partial charge in [0.25, 0.3) is 0 Å². The molecule has 1 saturated heterocycles. The van der Waals surface area contributed by atoms with Gasteiger partial charge in [-0.2, -0.15) is 0 Å². The van der Waals surface area contributed by atoms with Crippen molar-refractivity contribution in [1.29, 1.82) is 0 Å². The van der Waals surface area contributed by atoms with E-state index in [1.54, 1.807) is 18.4 Å². The third-order valence-corrected chi connectivity index (χ3v) is 5.52. The largest absolute Gasteiger partial charge is 0.354 e. The summed E-state index contributed by atoms with van der Waals surface area (Å²) >= 11 is 1.75. The number of nitrogens with zero attached hydrogens (tertiary/aromatic N) is 4. The van der Waals surface area contributed by atoms with Gasteiger partial charge in [-0.25, -0.2) is 4.98 Å². The molecule has 1 aliphatic rings. The molecule has 7 heteroatoms. The van der Waals surface area contributed by atoms with Gasteiger partial charge in [-0.05, 0) is 35.7 Å². The Morgan fingerprint density at radius 1 is 1.19 bits per heavy atom. The number of piperazine rings is 1. The van der Waals surface area contributed by atoms with E-state index in [4.69, 9.17) is 0 Å². The molecule has 0 amide bonds. The second kappa shape index (κ2) is 9.54. The van der Waals surface area contributed by atoms with Crippen LogP contribution in [0.1, 0.15) is 17.4 Å². The van der Waals surface area contributed by atoms with E-state index in [-0.39, 0.29) is 0 Å². The molecule has 0 unspecified atom stereocenters. The average Bonchev–Trinajstić information content (AvgIpc) is 3.22. The molecule has 3 heterocycles. The van der Waals surface area contributed by atoms with Crippen LogP contribution in [0.4, 0.5) is 5.82 Å². The normalized spacial score (nSPS) is 15.9. The van der Waals surface area contributed by atoms with Gasteiger partial charge < -0.3 is 20.4 Å². The van der Waals surface area contributed by atoms with Gasteiger partial charge in [-0.1, -0.05) is 13.0 Å². The molecule has 0 bridgehead atoms. The standard InChI is InChI=1S/C19H28N6S/c1-3-24-8-10-25(11-9-24)18-13-16(6-7-21-18)14-22-19(20-2)23-15-17-5-4-12-26-17/h4-7,12-13H,3,8-11,14-15H2,1-2H3,(H2,20,22,23). The number of hydrogen-bond acceptors (Lipinski definition) is 5. The SMILES string of the molecule is CCN1CCN(c2cc(CNC(=NC)NCc3cccs3)ccn2)CC1. The summed E-state index contributed by atoms with van der Waals surface area (Å²) in [6.45, 7) is 9.18. The van der Waals surface area contributed by atoms with Crippen LogP contribution < -0.4 is 15.5 Å². The van der Waals surface area contributed by atoms with Crippen LogP contribution in [0.25, 0.3) is 0 Å². The predicted molar refractivity (Wildman–Crippen MR) is 110 cm³/mol. The molecule has 0 saturated carbocycles. The maximum atomic E-state index is 4.57. The van der Waals surface area contributed by atoms with E-state index in [0.717, 1.165) is 57.6 Å². The first-order chi connectivity index (χ1) is 12.8. The zero-order chi connectivity index (χ0) is 18.2. The lowest BCUT2D eigenvalue weighted by Crippen LogP contribution is -2.46. The first kappa shape index (κ1) is 18.7. The number of hydrogen-bond donors (Lipinski definition) is 2. The second-order valence-electron chi connectivity index (χ2n) is 6.30. The van der Waals surface area contributed by atoms with Gasteiger partial charge in [0, 0.05) is 50.8 Å². The number of thiophene rings is 1. The molecule has 2 N–H and O–H groups in total. The van der Waals surface area contributed by atoms with Crippen molar-refractivity contribution < 1.29 is 0 Å². The average molecular weight is 373 g/mol. The Morgan fingerprint density at radius 2 is 2.00 bits per heavy atom. The van der Waals surface area contributed by atoms with Crippen molar-refractivity contribution in [2.45, 2.75) is 20.0 Å². The van der Waals surface area contributed by atoms with Gasteiger partial charge >= 0.3 is 0 Å². The first-order valence-corrected chi connectivity index (χ1v) is 10.1. The van der Waals surface area contributed by atoms with Gasteiger partial charge in [0.2, 0.25) is 0 Å². The Bertz CT molecular complexity index is 692. The van der Waals surface area contributed by atoms with Crippen molar-refractivity contribution in [3.63, 3.8) is 0 Å². The summed E-state index contributed by atoms with van der Waals surface area (Å²) in [5, 5.41) is 8.82. The van der Waals surface area contributed by atoms with Gasteiger partial charge in [0.1, 0.15) is 5.82 Å². The van der Waals surface area contributed by atoms with Crippen LogP contribution in [0.2, 0.25) is 0 Å². The molecule has 0 aromatic carbocycles. The Kier molecular flexibility index (Phi) is 6.85. The van der Waals surface area contributed by atoms with Crippen molar-refractivity contribution in [3.8, 4) is 0 Å². The van der Waals surface area contributed by atoms with Crippen molar-refractivity contribution in [2.24, 2.45) is 4.99 Å². The number of nitrogens with one attached hydrogen (secondary N) is 2. The highest BCUT2D eigenvalue weighted by Gasteiger charge is 2.16. The molecule has 0 radical (unpaired) electrons. The lowest BCUT2D eigenvalue weighted by atomic mass is 10.2. The van der Waals surface area contributed by atoms with E-state index in [1.165, 1.54) is 10.4 Å². The smallest absolute Gasteiger partial charge is 0.191 e. The van der Waals surface area contributed by atoms with Crippen LogP contribution in [0.3, 0.4) is 0 Å². The van der Waals surface area contributed by atoms with E-state index in [9.17, 15) is 0 Å². The third-order valence-electron chi connectivity index (χ3n) is 4.65. The molecule has 1 fully saturated rings. The number of rotatable bonds is 6. The van der Waals surface area contributed by atoms with Crippen LogP contribution in [0.15, 0.2) is 40.8 Å². The topological polar surface area (TPSA) is 55.8 Å². The second-order valence-corrected chi connectivity index (χ2v) is 7.33. The molecule has 1 aliphatic heterocycles. The number of anilines is 1. The monoisotopic (exact) mass is 372 g/mol. The zero-order valence-electron chi connectivity index (χ0n) is 15.6. The van der Waals surface area contributed by atoms with Crippen LogP contribution >= 0.6 is 11.3 Å². The fourth-order valence-electron chi connectivity index (χ4n) is 3.03. The third kappa shape index (κ3) is 5.19. The predicted octanol–water partition coefficient (Wildman–Crippen LogP) is 2.15. The van der Waals surface area contributed by atoms with Gasteiger partial charge in [0.15, 0.2) is 5.96 Å². The molecule has 3 rings (SSSR count). The lowest BCUT2D eigenvalue weighted by Gasteiger charge is -2.34. The van der Waals surface area contributed by atoms with E-state index in [1.807, 2.05) is 6.20 Å². The van der Waals surface area contributed by atoms with Crippen molar-refractivity contribution >= 4 is 23.1 Å². The fourth-order valence-corrected chi connectivity index (χ4v) is 3.67. The van der Waals surface area contributed by atoms with Crippen LogP contribution in [0, 0.1) is 0 Å². The summed E-state index contributed by atoms with van der Waals surface area (Å²) in [5.41, 5.74) is 1.21. The fraction of sp³-hybridized carbons (Fsp3) is 0.474. The molecule has 26 heavy (non-hydrogen) atoms. The summed E-state index contributed by atoms with van der Waals surface area (Å²) in [6, 6.07) is 8.43. The molecule has 0 aliphatic carbocycles. The summed E-state index contributed by atoms with van der Waals surface area (Å²) in [4.78, 5) is 15.0. The highest BCUT2D eigenvalue weighted by molar-refractivity contribution is 7.09. The van der Waals surface area contributed by atoms with Gasteiger partial charge in [-0.3, -0.25) is 4.99 Å². The molecule has 140 valence electrons. The lowest BCUT2D eigenvalue weighted by molar-refractivity contribution is 0.270. The quantitative estimate of drug-likeness (QED) is 0.601. The Hall–Kier alpha value is -2.12. The number of aromatic nitrogens is 1. The molecular weight excluding hydrogens is 344 g/mol. The molecule has 2 aromatic rings. The van der Waals surface area contributed by atoms with Crippen molar-refractivity contribution in [3.05, 3.63) is 46.3 Å². The Balaban J connectivity index is 1.51. The van der Waals surface area contributed by atoms with Crippen molar-refractivity contribution in [1.82, 2.24) is 20.5 Å². The first-order valence-electron chi connectivity index (χ1n) is 9.17. The van der Waals surface area contributed by atoms with Crippen LogP contribution in [0.5, 0.6) is 0 Å². The number of likely N-dealkylation sites (N-methyl/N-ethyl adjacent to an activating group) is 1. The van der Waals surface area contributed by atoms with E-state index in [2.05, 4.69) is 67.0 Å². The number of pyridine rings is 1. The van der Waals surface area contributed by atoms with Crippen molar-refractivity contribution in [2.75, 3.05) is 44.7 Å².